The number of amides is 2. The lowest BCUT2D eigenvalue weighted by molar-refractivity contribution is -0.274. The van der Waals surface area contributed by atoms with E-state index in [1.165, 1.54) is 12.1 Å². The van der Waals surface area contributed by atoms with Crippen LogP contribution in [-0.4, -0.2) is 29.9 Å². The topological polar surface area (TPSA) is 63.2 Å². The van der Waals surface area contributed by atoms with Crippen molar-refractivity contribution in [3.63, 3.8) is 0 Å². The number of halogens is 3. The number of urea groups is 1. The van der Waals surface area contributed by atoms with Gasteiger partial charge in [-0.2, -0.15) is 0 Å². The minimum absolute atomic E-state index is 0.156. The van der Waals surface area contributed by atoms with E-state index in [1.807, 2.05) is 41.3 Å². The molecule has 1 aliphatic rings. The Labute approximate surface area is 194 Å². The highest BCUT2D eigenvalue weighted by atomic mass is 19.4. The minimum Gasteiger partial charge on any atom is -0.465 e. The molecule has 0 aromatic heterocycles. The van der Waals surface area contributed by atoms with Crippen molar-refractivity contribution >= 4 is 17.7 Å². The number of aliphatic imine (C=N–C) groups is 1. The SMILES string of the molecule is CCO/C(=N\C(=O)Nc1ccc(OC(F)(F)F)cc1)N1Cc2ccccc2-c2ccccc2C1. The van der Waals surface area contributed by atoms with Crippen molar-refractivity contribution in [3.05, 3.63) is 83.9 Å². The number of hydrogen-bond donors (Lipinski definition) is 1. The predicted octanol–water partition coefficient (Wildman–Crippen LogP) is 6.19. The van der Waals surface area contributed by atoms with Crippen molar-refractivity contribution in [3.8, 4) is 16.9 Å². The molecule has 0 bridgehead atoms. The van der Waals surface area contributed by atoms with Crippen LogP contribution < -0.4 is 10.1 Å². The number of ether oxygens (including phenoxy) is 2. The first kappa shape index (κ1) is 23.2. The number of alkyl halides is 3. The summed E-state index contributed by atoms with van der Waals surface area (Å²) in [5.74, 6) is -0.383. The Kier molecular flexibility index (Phi) is 6.72. The number of nitrogens with zero attached hydrogens (tertiary/aromatic N) is 2. The van der Waals surface area contributed by atoms with E-state index in [9.17, 15) is 18.0 Å². The molecule has 0 unspecified atom stereocenters. The molecule has 0 aliphatic carbocycles. The molecule has 3 aromatic rings. The average Bonchev–Trinajstić information content (AvgIpc) is 2.96. The summed E-state index contributed by atoms with van der Waals surface area (Å²) in [7, 11) is 0. The molecule has 1 heterocycles. The van der Waals surface area contributed by atoms with E-state index in [0.29, 0.717) is 19.7 Å². The lowest BCUT2D eigenvalue weighted by Crippen LogP contribution is -2.33. The third kappa shape index (κ3) is 5.67. The number of nitrogens with one attached hydrogen (secondary N) is 1. The number of rotatable bonds is 3. The highest BCUT2D eigenvalue weighted by Crippen LogP contribution is 2.32. The first-order chi connectivity index (χ1) is 16.3. The number of hydrogen-bond acceptors (Lipinski definition) is 3. The second-order valence-electron chi connectivity index (χ2n) is 7.50. The summed E-state index contributed by atoms with van der Waals surface area (Å²) in [6.45, 7) is 3.07. The van der Waals surface area contributed by atoms with Crippen LogP contribution in [0.5, 0.6) is 5.75 Å². The van der Waals surface area contributed by atoms with Crippen molar-refractivity contribution < 1.29 is 27.4 Å². The highest BCUT2D eigenvalue weighted by Gasteiger charge is 2.31. The highest BCUT2D eigenvalue weighted by molar-refractivity contribution is 5.97. The summed E-state index contributed by atoms with van der Waals surface area (Å²) in [5, 5.41) is 2.54. The van der Waals surface area contributed by atoms with E-state index in [2.05, 4.69) is 27.2 Å². The summed E-state index contributed by atoms with van der Waals surface area (Å²) >= 11 is 0. The number of benzene rings is 3. The molecule has 0 spiro atoms. The molecule has 9 heteroatoms. The number of fused-ring (bicyclic) bond motifs is 3. The Morgan fingerprint density at radius 2 is 1.50 bits per heavy atom. The molecule has 0 saturated heterocycles. The fraction of sp³-hybridized carbons (Fsp3) is 0.200. The smallest absolute Gasteiger partial charge is 0.465 e. The van der Waals surface area contributed by atoms with Crippen LogP contribution >= 0.6 is 0 Å². The number of amidine groups is 1. The van der Waals surface area contributed by atoms with Gasteiger partial charge < -0.3 is 19.7 Å². The van der Waals surface area contributed by atoms with Gasteiger partial charge in [0.1, 0.15) is 5.75 Å². The summed E-state index contributed by atoms with van der Waals surface area (Å²) < 4.78 is 46.6. The first-order valence-electron chi connectivity index (χ1n) is 10.6. The van der Waals surface area contributed by atoms with E-state index in [1.54, 1.807) is 6.92 Å². The Hall–Kier alpha value is -4.01. The Bertz CT molecular complexity index is 1150. The molecular formula is C25H22F3N3O3. The van der Waals surface area contributed by atoms with E-state index < -0.39 is 12.4 Å². The molecule has 0 saturated carbocycles. The standard InChI is InChI=1S/C25H22F3N3O3/c1-2-33-24(30-23(32)29-19-11-13-20(14-12-19)34-25(26,27)28)31-15-17-7-3-5-9-21(17)22-10-6-4-8-18(22)16-31/h3-14H,2,15-16H2,1H3,(H,29,32)/b30-24-. The van der Waals surface area contributed by atoms with Gasteiger partial charge in [0.15, 0.2) is 0 Å². The molecule has 0 radical (unpaired) electrons. The Morgan fingerprint density at radius 3 is 2.03 bits per heavy atom. The average molecular weight is 469 g/mol. The van der Waals surface area contributed by atoms with Gasteiger partial charge in [0, 0.05) is 18.8 Å². The van der Waals surface area contributed by atoms with E-state index in [-0.39, 0.29) is 17.5 Å². The van der Waals surface area contributed by atoms with Gasteiger partial charge in [-0.25, -0.2) is 4.79 Å². The van der Waals surface area contributed by atoms with Gasteiger partial charge >= 0.3 is 12.4 Å². The van der Waals surface area contributed by atoms with Gasteiger partial charge in [-0.05, 0) is 53.4 Å². The fourth-order valence-electron chi connectivity index (χ4n) is 3.75. The van der Waals surface area contributed by atoms with Gasteiger partial charge in [0.05, 0.1) is 6.61 Å². The second kappa shape index (κ2) is 9.86. The maximum absolute atomic E-state index is 12.6. The number of carbonyl (C=O) groups excluding carboxylic acids is 1. The van der Waals surface area contributed by atoms with Gasteiger partial charge in [-0.3, -0.25) is 0 Å². The minimum atomic E-state index is -4.79. The Morgan fingerprint density at radius 1 is 0.941 bits per heavy atom. The van der Waals surface area contributed by atoms with Crippen molar-refractivity contribution in [2.45, 2.75) is 26.4 Å². The molecule has 0 atom stereocenters. The van der Waals surface area contributed by atoms with E-state index in [4.69, 9.17) is 4.74 Å². The van der Waals surface area contributed by atoms with Crippen LogP contribution in [0.15, 0.2) is 77.8 Å². The molecule has 1 aliphatic heterocycles. The monoisotopic (exact) mass is 469 g/mol. The summed E-state index contributed by atoms with van der Waals surface area (Å²) in [5.41, 5.74) is 4.64. The molecule has 176 valence electrons. The molecule has 1 N–H and O–H groups in total. The zero-order valence-electron chi connectivity index (χ0n) is 18.3. The van der Waals surface area contributed by atoms with E-state index in [0.717, 1.165) is 34.4 Å². The Balaban J connectivity index is 1.56. The molecule has 3 aromatic carbocycles. The van der Waals surface area contributed by atoms with Gasteiger partial charge in [0.2, 0.25) is 0 Å². The van der Waals surface area contributed by atoms with Crippen LogP contribution in [0.4, 0.5) is 23.7 Å². The maximum Gasteiger partial charge on any atom is 0.573 e. The van der Waals surface area contributed by atoms with Gasteiger partial charge in [0.25, 0.3) is 6.02 Å². The maximum atomic E-state index is 12.6. The van der Waals surface area contributed by atoms with E-state index >= 15 is 0 Å². The number of carbonyl (C=O) groups is 1. The number of anilines is 1. The second-order valence-corrected chi connectivity index (χ2v) is 7.50. The van der Waals surface area contributed by atoms with Gasteiger partial charge in [-0.1, -0.05) is 48.5 Å². The molecule has 4 rings (SSSR count). The molecule has 34 heavy (non-hydrogen) atoms. The summed E-state index contributed by atoms with van der Waals surface area (Å²) in [4.78, 5) is 18.6. The van der Waals surface area contributed by atoms with Crippen LogP contribution in [0.3, 0.4) is 0 Å². The van der Waals surface area contributed by atoms with Crippen molar-refractivity contribution in [2.24, 2.45) is 4.99 Å². The third-order valence-corrected chi connectivity index (χ3v) is 5.13. The van der Waals surface area contributed by atoms with Crippen LogP contribution in [-0.2, 0) is 17.8 Å². The third-order valence-electron chi connectivity index (χ3n) is 5.13. The van der Waals surface area contributed by atoms with Crippen molar-refractivity contribution in [1.29, 1.82) is 0 Å². The summed E-state index contributed by atoms with van der Waals surface area (Å²) in [6, 6.07) is 20.3. The van der Waals surface area contributed by atoms with Gasteiger partial charge in [-0.15, -0.1) is 18.2 Å². The fourth-order valence-corrected chi connectivity index (χ4v) is 3.75. The normalized spacial score (nSPS) is 13.4. The lowest BCUT2D eigenvalue weighted by atomic mass is 9.97. The lowest BCUT2D eigenvalue weighted by Gasteiger charge is -2.24. The zero-order valence-corrected chi connectivity index (χ0v) is 18.3. The predicted molar refractivity (Wildman–Crippen MR) is 122 cm³/mol. The molecule has 0 fully saturated rings. The molecule has 6 nitrogen and oxygen atoms in total. The quantitative estimate of drug-likeness (QED) is 0.367. The zero-order chi connectivity index (χ0) is 24.1. The van der Waals surface area contributed by atoms with Crippen LogP contribution in [0.25, 0.3) is 11.1 Å². The van der Waals surface area contributed by atoms with Crippen molar-refractivity contribution in [2.75, 3.05) is 11.9 Å². The van der Waals surface area contributed by atoms with Crippen LogP contribution in [0, 0.1) is 0 Å². The molecular weight excluding hydrogens is 447 g/mol. The van der Waals surface area contributed by atoms with Crippen LogP contribution in [0.1, 0.15) is 18.1 Å². The van der Waals surface area contributed by atoms with Crippen LogP contribution in [0.2, 0.25) is 0 Å². The van der Waals surface area contributed by atoms with Crippen molar-refractivity contribution in [1.82, 2.24) is 4.90 Å². The summed E-state index contributed by atoms with van der Waals surface area (Å²) in [6.07, 6.45) is -4.79. The first-order valence-corrected chi connectivity index (χ1v) is 10.6. The molecule has 2 amide bonds. The largest absolute Gasteiger partial charge is 0.573 e.